The van der Waals surface area contributed by atoms with Crippen LogP contribution in [0.5, 0.6) is 0 Å². The van der Waals surface area contributed by atoms with Gasteiger partial charge in [0.15, 0.2) is 0 Å². The number of halogens is 3. The Morgan fingerprint density at radius 2 is 2.05 bits per heavy atom. The number of carboxylic acids is 1. The molecule has 116 valence electrons. The van der Waals surface area contributed by atoms with Gasteiger partial charge >= 0.3 is 12.1 Å². The summed E-state index contributed by atoms with van der Waals surface area (Å²) in [5.74, 6) is -0.421. The standard InChI is InChI=1S/C15H18F3NO2/c1-9(2)10-5-6-19(8-10)13-4-3-11(15(16,17)18)7-12(13)14(20)21/h3-4,7,9-10H,5-6,8H2,1-2H3,(H,20,21). The van der Waals surface area contributed by atoms with Crippen LogP contribution in [0.2, 0.25) is 0 Å². The summed E-state index contributed by atoms with van der Waals surface area (Å²) in [5.41, 5.74) is -0.837. The molecule has 0 spiro atoms. The predicted octanol–water partition coefficient (Wildman–Crippen LogP) is 3.89. The lowest BCUT2D eigenvalue weighted by molar-refractivity contribution is -0.137. The van der Waals surface area contributed by atoms with Crippen molar-refractivity contribution in [3.63, 3.8) is 0 Å². The third-order valence-electron chi connectivity index (χ3n) is 4.06. The maximum absolute atomic E-state index is 12.7. The van der Waals surface area contributed by atoms with E-state index in [0.717, 1.165) is 18.6 Å². The summed E-state index contributed by atoms with van der Waals surface area (Å²) in [6, 6.07) is 2.94. The van der Waals surface area contributed by atoms with Crippen LogP contribution >= 0.6 is 0 Å². The maximum Gasteiger partial charge on any atom is 0.416 e. The lowest BCUT2D eigenvalue weighted by Gasteiger charge is -2.22. The SMILES string of the molecule is CC(C)C1CCN(c2ccc(C(F)(F)F)cc2C(=O)O)C1. The van der Waals surface area contributed by atoms with Crippen molar-refractivity contribution in [2.24, 2.45) is 11.8 Å². The molecule has 1 aromatic rings. The van der Waals surface area contributed by atoms with Gasteiger partial charge in [0.1, 0.15) is 0 Å². The first-order chi connectivity index (χ1) is 9.70. The van der Waals surface area contributed by atoms with Crippen molar-refractivity contribution in [1.29, 1.82) is 0 Å². The van der Waals surface area contributed by atoms with Crippen molar-refractivity contribution in [2.45, 2.75) is 26.4 Å². The summed E-state index contributed by atoms with van der Waals surface area (Å²) >= 11 is 0. The van der Waals surface area contributed by atoms with E-state index in [1.165, 1.54) is 6.07 Å². The summed E-state index contributed by atoms with van der Waals surface area (Å²) in [5, 5.41) is 9.20. The smallest absolute Gasteiger partial charge is 0.416 e. The topological polar surface area (TPSA) is 40.5 Å². The second kappa shape index (κ2) is 5.58. The monoisotopic (exact) mass is 301 g/mol. The van der Waals surface area contributed by atoms with Crippen molar-refractivity contribution in [1.82, 2.24) is 0 Å². The van der Waals surface area contributed by atoms with Gasteiger partial charge in [-0.1, -0.05) is 13.8 Å². The van der Waals surface area contributed by atoms with Crippen LogP contribution in [0.1, 0.15) is 36.2 Å². The van der Waals surface area contributed by atoms with Crippen molar-refractivity contribution >= 4 is 11.7 Å². The van der Waals surface area contributed by atoms with E-state index in [0.29, 0.717) is 30.6 Å². The fourth-order valence-electron chi connectivity index (χ4n) is 2.71. The Labute approximate surface area is 121 Å². The summed E-state index contributed by atoms with van der Waals surface area (Å²) in [4.78, 5) is 13.1. The van der Waals surface area contributed by atoms with E-state index < -0.39 is 17.7 Å². The maximum atomic E-state index is 12.7. The number of nitrogens with zero attached hydrogens (tertiary/aromatic N) is 1. The number of anilines is 1. The van der Waals surface area contributed by atoms with Crippen LogP contribution in [0.25, 0.3) is 0 Å². The van der Waals surface area contributed by atoms with Gasteiger partial charge in [-0.15, -0.1) is 0 Å². The normalized spacial score (nSPS) is 19.3. The Morgan fingerprint density at radius 3 is 2.52 bits per heavy atom. The molecule has 21 heavy (non-hydrogen) atoms. The molecule has 1 unspecified atom stereocenters. The average Bonchev–Trinajstić information content (AvgIpc) is 2.86. The summed E-state index contributed by atoms with van der Waals surface area (Å²) in [7, 11) is 0. The van der Waals surface area contributed by atoms with Crippen LogP contribution in [-0.4, -0.2) is 24.2 Å². The molecular weight excluding hydrogens is 283 g/mol. The number of alkyl halides is 3. The lowest BCUT2D eigenvalue weighted by Crippen LogP contribution is -2.24. The molecule has 0 aliphatic carbocycles. The van der Waals surface area contributed by atoms with Gasteiger partial charge in [0.25, 0.3) is 0 Å². The van der Waals surface area contributed by atoms with E-state index in [1.54, 1.807) is 0 Å². The summed E-state index contributed by atoms with van der Waals surface area (Å²) in [6.45, 7) is 5.55. The van der Waals surface area contributed by atoms with E-state index in [-0.39, 0.29) is 5.56 Å². The number of aromatic carboxylic acids is 1. The van der Waals surface area contributed by atoms with Crippen LogP contribution in [0.4, 0.5) is 18.9 Å². The minimum Gasteiger partial charge on any atom is -0.478 e. The zero-order valence-electron chi connectivity index (χ0n) is 11.9. The highest BCUT2D eigenvalue weighted by molar-refractivity contribution is 5.94. The molecule has 1 aliphatic heterocycles. The van der Waals surface area contributed by atoms with Crippen LogP contribution in [0.3, 0.4) is 0 Å². The van der Waals surface area contributed by atoms with Gasteiger partial charge in [-0.25, -0.2) is 4.79 Å². The lowest BCUT2D eigenvalue weighted by atomic mass is 9.95. The zero-order chi connectivity index (χ0) is 15.8. The quantitative estimate of drug-likeness (QED) is 0.921. The van der Waals surface area contributed by atoms with Gasteiger partial charge in [0, 0.05) is 13.1 Å². The molecule has 0 bridgehead atoms. The highest BCUT2D eigenvalue weighted by Gasteiger charge is 2.33. The van der Waals surface area contributed by atoms with E-state index in [1.807, 2.05) is 4.90 Å². The van der Waals surface area contributed by atoms with E-state index >= 15 is 0 Å². The van der Waals surface area contributed by atoms with Crippen LogP contribution < -0.4 is 4.90 Å². The van der Waals surface area contributed by atoms with Crippen molar-refractivity contribution in [3.8, 4) is 0 Å². The molecule has 0 amide bonds. The highest BCUT2D eigenvalue weighted by Crippen LogP contribution is 2.35. The molecular formula is C15H18F3NO2. The molecule has 0 radical (unpaired) electrons. The molecule has 1 fully saturated rings. The Morgan fingerprint density at radius 1 is 1.38 bits per heavy atom. The molecule has 0 saturated carbocycles. The fraction of sp³-hybridized carbons (Fsp3) is 0.533. The number of carbonyl (C=O) groups is 1. The first-order valence-electron chi connectivity index (χ1n) is 6.89. The number of benzene rings is 1. The molecule has 0 aromatic heterocycles. The van der Waals surface area contributed by atoms with Gasteiger partial charge in [-0.05, 0) is 36.5 Å². The van der Waals surface area contributed by atoms with Gasteiger partial charge in [-0.3, -0.25) is 0 Å². The number of rotatable bonds is 3. The highest BCUT2D eigenvalue weighted by atomic mass is 19.4. The van der Waals surface area contributed by atoms with Crippen molar-refractivity contribution in [2.75, 3.05) is 18.0 Å². The fourth-order valence-corrected chi connectivity index (χ4v) is 2.71. The molecule has 1 aliphatic rings. The second-order valence-electron chi connectivity index (χ2n) is 5.77. The third-order valence-corrected chi connectivity index (χ3v) is 4.06. The molecule has 2 rings (SSSR count). The van der Waals surface area contributed by atoms with Crippen LogP contribution in [0.15, 0.2) is 18.2 Å². The van der Waals surface area contributed by atoms with Crippen LogP contribution in [-0.2, 0) is 6.18 Å². The largest absolute Gasteiger partial charge is 0.478 e. The van der Waals surface area contributed by atoms with Gasteiger partial charge in [-0.2, -0.15) is 13.2 Å². The summed E-state index contributed by atoms with van der Waals surface area (Å²) in [6.07, 6.45) is -3.61. The summed E-state index contributed by atoms with van der Waals surface area (Å²) < 4.78 is 38.1. The van der Waals surface area contributed by atoms with Gasteiger partial charge < -0.3 is 10.0 Å². The van der Waals surface area contributed by atoms with Gasteiger partial charge in [0.05, 0.1) is 16.8 Å². The van der Waals surface area contributed by atoms with E-state index in [4.69, 9.17) is 0 Å². The minimum absolute atomic E-state index is 0.283. The van der Waals surface area contributed by atoms with E-state index in [9.17, 15) is 23.1 Å². The second-order valence-corrected chi connectivity index (χ2v) is 5.77. The molecule has 3 nitrogen and oxygen atoms in total. The Bertz CT molecular complexity index is 540. The minimum atomic E-state index is -4.53. The van der Waals surface area contributed by atoms with Gasteiger partial charge in [0.2, 0.25) is 0 Å². The average molecular weight is 301 g/mol. The Kier molecular flexibility index (Phi) is 4.16. The number of carboxylic acid groups (broad SMARTS) is 1. The predicted molar refractivity (Wildman–Crippen MR) is 73.6 cm³/mol. The molecule has 1 aromatic carbocycles. The number of hydrogen-bond donors (Lipinski definition) is 1. The van der Waals surface area contributed by atoms with Crippen LogP contribution in [0, 0.1) is 11.8 Å². The molecule has 1 heterocycles. The number of hydrogen-bond acceptors (Lipinski definition) is 2. The molecule has 1 saturated heterocycles. The molecule has 1 N–H and O–H groups in total. The third kappa shape index (κ3) is 3.31. The Balaban J connectivity index is 2.34. The Hall–Kier alpha value is -1.72. The molecule has 6 heteroatoms. The van der Waals surface area contributed by atoms with Crippen molar-refractivity contribution < 1.29 is 23.1 Å². The first-order valence-corrected chi connectivity index (χ1v) is 6.89. The van der Waals surface area contributed by atoms with E-state index in [2.05, 4.69) is 13.8 Å². The van der Waals surface area contributed by atoms with Crippen molar-refractivity contribution in [3.05, 3.63) is 29.3 Å². The molecule has 1 atom stereocenters. The zero-order valence-corrected chi connectivity index (χ0v) is 11.9. The first kappa shape index (κ1) is 15.7.